The molecule has 2 aromatic rings. The zero-order chi connectivity index (χ0) is 16.2. The summed E-state index contributed by atoms with van der Waals surface area (Å²) in [5.41, 5.74) is 1.09. The number of halogens is 1. The van der Waals surface area contributed by atoms with Gasteiger partial charge in [0.2, 0.25) is 11.7 Å². The SMILES string of the molecule is O=C(OCC1CC(=O)N(Cc2ccccc2)C1)c1ccc(Cl)o1. The summed E-state index contributed by atoms with van der Waals surface area (Å²) in [6, 6.07) is 12.8. The Hall–Kier alpha value is -2.27. The molecular formula is C17H16ClNO4. The average molecular weight is 334 g/mol. The fraction of sp³-hybridized carbons (Fsp3) is 0.294. The summed E-state index contributed by atoms with van der Waals surface area (Å²) in [5, 5.41) is 0.141. The molecule has 0 N–H and O–H groups in total. The molecule has 1 aromatic carbocycles. The lowest BCUT2D eigenvalue weighted by Crippen LogP contribution is -2.25. The summed E-state index contributed by atoms with van der Waals surface area (Å²) in [6.45, 7) is 1.35. The molecule has 1 aliphatic heterocycles. The van der Waals surface area contributed by atoms with Crippen LogP contribution in [0.5, 0.6) is 0 Å². The summed E-state index contributed by atoms with van der Waals surface area (Å²) >= 11 is 5.62. The van der Waals surface area contributed by atoms with Gasteiger partial charge in [-0.2, -0.15) is 0 Å². The number of hydrogen-bond donors (Lipinski definition) is 0. The van der Waals surface area contributed by atoms with Crippen molar-refractivity contribution in [3.63, 3.8) is 0 Å². The fourth-order valence-electron chi connectivity index (χ4n) is 2.61. The van der Waals surface area contributed by atoms with Crippen LogP contribution < -0.4 is 0 Å². The van der Waals surface area contributed by atoms with Crippen molar-refractivity contribution in [2.75, 3.05) is 13.2 Å². The van der Waals surface area contributed by atoms with Crippen LogP contribution in [-0.2, 0) is 16.1 Å². The molecule has 1 unspecified atom stereocenters. The molecule has 1 saturated heterocycles. The van der Waals surface area contributed by atoms with E-state index < -0.39 is 5.97 Å². The number of amides is 1. The van der Waals surface area contributed by atoms with Gasteiger partial charge < -0.3 is 14.1 Å². The van der Waals surface area contributed by atoms with Gasteiger partial charge in [-0.25, -0.2) is 4.79 Å². The number of rotatable bonds is 5. The van der Waals surface area contributed by atoms with Gasteiger partial charge >= 0.3 is 5.97 Å². The van der Waals surface area contributed by atoms with Gasteiger partial charge in [-0.15, -0.1) is 0 Å². The van der Waals surface area contributed by atoms with Crippen molar-refractivity contribution in [1.82, 2.24) is 4.90 Å². The Balaban J connectivity index is 1.50. The predicted molar refractivity (Wildman–Crippen MR) is 84.0 cm³/mol. The van der Waals surface area contributed by atoms with Crippen molar-refractivity contribution < 1.29 is 18.7 Å². The number of carbonyl (C=O) groups excluding carboxylic acids is 2. The molecular weight excluding hydrogens is 318 g/mol. The quantitative estimate of drug-likeness (QED) is 0.789. The Morgan fingerprint density at radius 3 is 2.74 bits per heavy atom. The van der Waals surface area contributed by atoms with Gasteiger partial charge in [-0.05, 0) is 29.3 Å². The van der Waals surface area contributed by atoms with Crippen LogP contribution in [0.2, 0.25) is 5.22 Å². The van der Waals surface area contributed by atoms with E-state index in [2.05, 4.69) is 0 Å². The van der Waals surface area contributed by atoms with Crippen molar-refractivity contribution in [2.24, 2.45) is 5.92 Å². The molecule has 0 bridgehead atoms. The highest BCUT2D eigenvalue weighted by Crippen LogP contribution is 2.21. The second-order valence-corrected chi connectivity index (χ2v) is 5.90. The third-order valence-corrected chi connectivity index (χ3v) is 3.94. The van der Waals surface area contributed by atoms with E-state index in [4.69, 9.17) is 20.8 Å². The van der Waals surface area contributed by atoms with Gasteiger partial charge in [-0.3, -0.25) is 4.79 Å². The number of ether oxygens (including phenoxy) is 1. The van der Waals surface area contributed by atoms with Crippen molar-refractivity contribution >= 4 is 23.5 Å². The number of carbonyl (C=O) groups is 2. The molecule has 1 atom stereocenters. The topological polar surface area (TPSA) is 59.8 Å². The van der Waals surface area contributed by atoms with E-state index in [1.54, 1.807) is 4.90 Å². The van der Waals surface area contributed by atoms with Crippen molar-refractivity contribution in [1.29, 1.82) is 0 Å². The lowest BCUT2D eigenvalue weighted by Gasteiger charge is -2.16. The molecule has 1 amide bonds. The first-order chi connectivity index (χ1) is 11.1. The number of esters is 1. The first-order valence-corrected chi connectivity index (χ1v) is 7.74. The first-order valence-electron chi connectivity index (χ1n) is 7.36. The van der Waals surface area contributed by atoms with E-state index in [1.807, 2.05) is 30.3 Å². The van der Waals surface area contributed by atoms with Crippen LogP contribution in [0, 0.1) is 5.92 Å². The number of benzene rings is 1. The van der Waals surface area contributed by atoms with E-state index in [0.717, 1.165) is 5.56 Å². The molecule has 0 radical (unpaired) electrons. The van der Waals surface area contributed by atoms with Gasteiger partial charge in [0.25, 0.3) is 0 Å². The Labute approximate surface area is 138 Å². The summed E-state index contributed by atoms with van der Waals surface area (Å²) in [7, 11) is 0. The standard InChI is InChI=1S/C17H16ClNO4/c18-15-7-6-14(23-15)17(21)22-11-13-8-16(20)19(10-13)9-12-4-2-1-3-5-12/h1-7,13H,8-11H2. The molecule has 23 heavy (non-hydrogen) atoms. The minimum absolute atomic E-state index is 0.000552. The largest absolute Gasteiger partial charge is 0.459 e. The molecule has 0 aliphatic carbocycles. The Morgan fingerprint density at radius 1 is 1.26 bits per heavy atom. The molecule has 1 aliphatic rings. The number of nitrogens with zero attached hydrogens (tertiary/aromatic N) is 1. The van der Waals surface area contributed by atoms with Crippen LogP contribution in [-0.4, -0.2) is 29.9 Å². The Kier molecular flexibility index (Phi) is 4.67. The second-order valence-electron chi connectivity index (χ2n) is 5.53. The lowest BCUT2D eigenvalue weighted by atomic mass is 10.1. The molecule has 0 saturated carbocycles. The van der Waals surface area contributed by atoms with Crippen LogP contribution in [0.15, 0.2) is 46.9 Å². The minimum Gasteiger partial charge on any atom is -0.459 e. The van der Waals surface area contributed by atoms with Crippen LogP contribution in [0.3, 0.4) is 0 Å². The number of likely N-dealkylation sites (tertiary alicyclic amines) is 1. The summed E-state index contributed by atoms with van der Waals surface area (Å²) < 4.78 is 10.2. The average Bonchev–Trinajstić information content (AvgIpc) is 3.13. The van der Waals surface area contributed by atoms with Crippen LogP contribution >= 0.6 is 11.6 Å². The normalized spacial score (nSPS) is 17.5. The van der Waals surface area contributed by atoms with Crippen molar-refractivity contribution in [2.45, 2.75) is 13.0 Å². The van der Waals surface area contributed by atoms with Crippen molar-refractivity contribution in [3.05, 3.63) is 59.0 Å². The highest BCUT2D eigenvalue weighted by atomic mass is 35.5. The van der Waals surface area contributed by atoms with Gasteiger partial charge in [-0.1, -0.05) is 30.3 Å². The maximum atomic E-state index is 12.1. The molecule has 6 heteroatoms. The first kappa shape index (κ1) is 15.6. The van der Waals surface area contributed by atoms with E-state index >= 15 is 0 Å². The van der Waals surface area contributed by atoms with Crippen LogP contribution in [0.25, 0.3) is 0 Å². The van der Waals surface area contributed by atoms with E-state index in [1.165, 1.54) is 12.1 Å². The van der Waals surface area contributed by atoms with Gasteiger partial charge in [0, 0.05) is 25.4 Å². The zero-order valence-corrected chi connectivity index (χ0v) is 13.2. The second kappa shape index (κ2) is 6.87. The monoisotopic (exact) mass is 333 g/mol. The highest BCUT2D eigenvalue weighted by Gasteiger charge is 2.30. The smallest absolute Gasteiger partial charge is 0.374 e. The summed E-state index contributed by atoms with van der Waals surface area (Å²) in [6.07, 6.45) is 0.388. The maximum absolute atomic E-state index is 12.1. The van der Waals surface area contributed by atoms with E-state index in [9.17, 15) is 9.59 Å². The number of hydrogen-bond acceptors (Lipinski definition) is 4. The van der Waals surface area contributed by atoms with Gasteiger partial charge in [0.1, 0.15) is 0 Å². The molecule has 3 rings (SSSR count). The van der Waals surface area contributed by atoms with Gasteiger partial charge in [0.05, 0.1) is 6.61 Å². The molecule has 120 valence electrons. The minimum atomic E-state index is -0.564. The van der Waals surface area contributed by atoms with Crippen LogP contribution in [0.4, 0.5) is 0 Å². The van der Waals surface area contributed by atoms with Crippen molar-refractivity contribution in [3.8, 4) is 0 Å². The molecule has 1 fully saturated rings. The lowest BCUT2D eigenvalue weighted by molar-refractivity contribution is -0.128. The third kappa shape index (κ3) is 3.93. The third-order valence-electron chi connectivity index (χ3n) is 3.74. The van der Waals surface area contributed by atoms with Crippen LogP contribution in [0.1, 0.15) is 22.5 Å². The molecule has 2 heterocycles. The summed E-state index contributed by atoms with van der Waals surface area (Å²) in [5.74, 6) is -0.414. The number of furan rings is 1. The molecule has 5 nitrogen and oxygen atoms in total. The Morgan fingerprint density at radius 2 is 2.04 bits per heavy atom. The fourth-order valence-corrected chi connectivity index (χ4v) is 2.76. The maximum Gasteiger partial charge on any atom is 0.374 e. The van der Waals surface area contributed by atoms with E-state index in [-0.39, 0.29) is 29.4 Å². The van der Waals surface area contributed by atoms with E-state index in [0.29, 0.717) is 19.5 Å². The summed E-state index contributed by atoms with van der Waals surface area (Å²) in [4.78, 5) is 25.6. The highest BCUT2D eigenvalue weighted by molar-refractivity contribution is 6.29. The molecule has 1 aromatic heterocycles. The van der Waals surface area contributed by atoms with Gasteiger partial charge in [0.15, 0.2) is 5.22 Å². The Bertz CT molecular complexity index is 698. The predicted octanol–water partition coefficient (Wildman–Crippen LogP) is 3.14. The zero-order valence-electron chi connectivity index (χ0n) is 12.4. The molecule has 0 spiro atoms.